The Morgan fingerprint density at radius 1 is 1.35 bits per heavy atom. The van der Waals surface area contributed by atoms with Crippen LogP contribution in [-0.2, 0) is 4.74 Å². The Morgan fingerprint density at radius 3 is 2.70 bits per heavy atom. The molecule has 1 aliphatic rings. The highest BCUT2D eigenvalue weighted by molar-refractivity contribution is 5.68. The molecule has 1 fully saturated rings. The minimum atomic E-state index is -0.439. The number of unbranched alkanes of at least 4 members (excludes halogenated alkanes) is 1. The molecular formula is C16H28N2O2. The number of hydrogen-bond donors (Lipinski definition) is 2. The highest BCUT2D eigenvalue weighted by atomic mass is 16.6. The highest BCUT2D eigenvalue weighted by Crippen LogP contribution is 2.19. The topological polar surface area (TPSA) is 50.4 Å². The second-order valence-electron chi connectivity index (χ2n) is 6.47. The minimum absolute atomic E-state index is 0.212. The van der Waals surface area contributed by atoms with Crippen molar-refractivity contribution in [3.8, 4) is 12.3 Å². The number of hydrogen-bond acceptors (Lipinski definition) is 3. The summed E-state index contributed by atoms with van der Waals surface area (Å²) in [5.74, 6) is 2.65. The van der Waals surface area contributed by atoms with Gasteiger partial charge in [-0.05, 0) is 59.4 Å². The Kier molecular flexibility index (Phi) is 6.87. The minimum Gasteiger partial charge on any atom is -0.444 e. The average molecular weight is 280 g/mol. The first-order valence-electron chi connectivity index (χ1n) is 7.57. The Morgan fingerprint density at radius 2 is 2.05 bits per heavy atom. The molecule has 114 valence electrons. The fourth-order valence-corrected chi connectivity index (χ4v) is 2.48. The molecule has 0 spiro atoms. The van der Waals surface area contributed by atoms with E-state index in [9.17, 15) is 4.79 Å². The van der Waals surface area contributed by atoms with Crippen molar-refractivity contribution >= 4 is 6.09 Å². The summed E-state index contributed by atoms with van der Waals surface area (Å²) in [4.78, 5) is 11.8. The third-order valence-corrected chi connectivity index (χ3v) is 3.33. The molecule has 4 heteroatoms. The second-order valence-corrected chi connectivity index (χ2v) is 6.47. The molecule has 0 aliphatic heterocycles. The van der Waals surface area contributed by atoms with Crippen LogP contribution in [0.15, 0.2) is 0 Å². The van der Waals surface area contributed by atoms with Crippen molar-refractivity contribution in [3.05, 3.63) is 0 Å². The van der Waals surface area contributed by atoms with Crippen LogP contribution >= 0.6 is 0 Å². The van der Waals surface area contributed by atoms with Crippen LogP contribution in [0.3, 0.4) is 0 Å². The van der Waals surface area contributed by atoms with Crippen molar-refractivity contribution < 1.29 is 9.53 Å². The molecule has 1 aliphatic carbocycles. The SMILES string of the molecule is C#CCCCNC1CCCC(NC(=O)OC(C)(C)C)C1. The Labute approximate surface area is 123 Å². The molecule has 0 bridgehead atoms. The second kappa shape index (κ2) is 8.16. The lowest BCUT2D eigenvalue weighted by Crippen LogP contribution is -2.45. The van der Waals surface area contributed by atoms with Crippen LogP contribution in [0, 0.1) is 12.3 Å². The maximum Gasteiger partial charge on any atom is 0.407 e. The molecule has 0 radical (unpaired) electrons. The summed E-state index contributed by atoms with van der Waals surface area (Å²) in [7, 11) is 0. The fraction of sp³-hybridized carbons (Fsp3) is 0.812. The monoisotopic (exact) mass is 280 g/mol. The summed E-state index contributed by atoms with van der Waals surface area (Å²) >= 11 is 0. The standard InChI is InChI=1S/C16H28N2O2/c1-5-6-7-11-17-13-9-8-10-14(12-13)18-15(19)20-16(2,3)4/h1,13-14,17H,6-12H2,2-4H3,(H,18,19). The van der Waals surface area contributed by atoms with Gasteiger partial charge in [0.1, 0.15) is 5.60 Å². The van der Waals surface area contributed by atoms with Gasteiger partial charge in [0, 0.05) is 18.5 Å². The first kappa shape index (κ1) is 16.8. The molecule has 1 saturated carbocycles. The summed E-state index contributed by atoms with van der Waals surface area (Å²) in [6.07, 6.45) is 11.1. The summed E-state index contributed by atoms with van der Waals surface area (Å²) in [5, 5.41) is 6.49. The Bertz CT molecular complexity index is 341. The van der Waals surface area contributed by atoms with Gasteiger partial charge in [0.05, 0.1) is 0 Å². The zero-order valence-electron chi connectivity index (χ0n) is 13.0. The smallest absolute Gasteiger partial charge is 0.407 e. The van der Waals surface area contributed by atoms with Gasteiger partial charge in [-0.1, -0.05) is 0 Å². The molecule has 0 aromatic carbocycles. The van der Waals surface area contributed by atoms with Crippen LogP contribution in [0.4, 0.5) is 4.79 Å². The maximum absolute atomic E-state index is 11.8. The molecule has 0 aromatic heterocycles. The Balaban J connectivity index is 2.26. The lowest BCUT2D eigenvalue weighted by Gasteiger charge is -2.31. The van der Waals surface area contributed by atoms with E-state index in [1.54, 1.807) is 0 Å². The number of ether oxygens (including phenoxy) is 1. The zero-order chi connectivity index (χ0) is 15.0. The first-order chi connectivity index (χ1) is 9.40. The van der Waals surface area contributed by atoms with E-state index in [0.29, 0.717) is 6.04 Å². The summed E-state index contributed by atoms with van der Waals surface area (Å²) in [6, 6.07) is 0.685. The molecule has 0 aromatic rings. The van der Waals surface area contributed by atoms with Crippen molar-refractivity contribution in [1.29, 1.82) is 0 Å². The van der Waals surface area contributed by atoms with Crippen molar-refractivity contribution in [1.82, 2.24) is 10.6 Å². The van der Waals surface area contributed by atoms with Crippen LogP contribution in [0.2, 0.25) is 0 Å². The molecule has 1 amide bonds. The fourth-order valence-electron chi connectivity index (χ4n) is 2.48. The van der Waals surface area contributed by atoms with Gasteiger partial charge < -0.3 is 15.4 Å². The van der Waals surface area contributed by atoms with Crippen molar-refractivity contribution in [3.63, 3.8) is 0 Å². The maximum atomic E-state index is 11.8. The number of terminal acetylenes is 1. The predicted octanol–water partition coefficient (Wildman–Crippen LogP) is 2.83. The zero-order valence-corrected chi connectivity index (χ0v) is 13.0. The number of carbonyl (C=O) groups is 1. The molecule has 2 unspecified atom stereocenters. The van der Waals surface area contributed by atoms with Crippen LogP contribution in [0.5, 0.6) is 0 Å². The summed E-state index contributed by atoms with van der Waals surface area (Å²) < 4.78 is 5.30. The first-order valence-corrected chi connectivity index (χ1v) is 7.57. The van der Waals surface area contributed by atoms with Gasteiger partial charge >= 0.3 is 6.09 Å². The molecule has 1 rings (SSSR count). The van der Waals surface area contributed by atoms with E-state index in [-0.39, 0.29) is 12.1 Å². The van der Waals surface area contributed by atoms with Crippen LogP contribution in [0.1, 0.15) is 59.3 Å². The van der Waals surface area contributed by atoms with Crippen molar-refractivity contribution in [2.75, 3.05) is 6.54 Å². The average Bonchev–Trinajstić information content (AvgIpc) is 2.32. The van der Waals surface area contributed by atoms with E-state index in [4.69, 9.17) is 11.2 Å². The lowest BCUT2D eigenvalue weighted by atomic mass is 9.91. The van der Waals surface area contributed by atoms with E-state index < -0.39 is 5.60 Å². The Hall–Kier alpha value is -1.21. The van der Waals surface area contributed by atoms with Gasteiger partial charge in [-0.3, -0.25) is 0 Å². The highest BCUT2D eigenvalue weighted by Gasteiger charge is 2.24. The summed E-state index contributed by atoms with van der Waals surface area (Å²) in [5.41, 5.74) is -0.439. The molecule has 0 saturated heterocycles. The number of alkyl carbamates (subject to hydrolysis) is 1. The van der Waals surface area contributed by atoms with Gasteiger partial charge in [0.25, 0.3) is 0 Å². The quantitative estimate of drug-likeness (QED) is 0.601. The third kappa shape index (κ3) is 7.40. The van der Waals surface area contributed by atoms with Crippen molar-refractivity contribution in [2.45, 2.75) is 77.0 Å². The van der Waals surface area contributed by atoms with Crippen LogP contribution in [-0.4, -0.2) is 30.3 Å². The van der Waals surface area contributed by atoms with Gasteiger partial charge in [-0.25, -0.2) is 4.79 Å². The summed E-state index contributed by atoms with van der Waals surface area (Å²) in [6.45, 7) is 6.59. The van der Waals surface area contributed by atoms with E-state index >= 15 is 0 Å². The lowest BCUT2D eigenvalue weighted by molar-refractivity contribution is 0.0488. The number of nitrogens with one attached hydrogen (secondary N) is 2. The molecule has 2 atom stereocenters. The van der Waals surface area contributed by atoms with Crippen LogP contribution < -0.4 is 10.6 Å². The van der Waals surface area contributed by atoms with Crippen molar-refractivity contribution in [2.24, 2.45) is 0 Å². The normalized spacial score (nSPS) is 22.9. The van der Waals surface area contributed by atoms with E-state index in [0.717, 1.165) is 38.6 Å². The third-order valence-electron chi connectivity index (χ3n) is 3.33. The number of rotatable bonds is 5. The van der Waals surface area contributed by atoms with Gasteiger partial charge in [-0.2, -0.15) is 0 Å². The number of carbonyl (C=O) groups excluding carboxylic acids is 1. The molecular weight excluding hydrogens is 252 g/mol. The van der Waals surface area contributed by atoms with E-state index in [2.05, 4.69) is 16.6 Å². The molecule has 4 nitrogen and oxygen atoms in total. The molecule has 0 heterocycles. The van der Waals surface area contributed by atoms with Gasteiger partial charge in [0.2, 0.25) is 0 Å². The largest absolute Gasteiger partial charge is 0.444 e. The van der Waals surface area contributed by atoms with Gasteiger partial charge in [0.15, 0.2) is 0 Å². The van der Waals surface area contributed by atoms with Gasteiger partial charge in [-0.15, -0.1) is 12.3 Å². The number of amides is 1. The van der Waals surface area contributed by atoms with E-state index in [1.165, 1.54) is 6.42 Å². The molecule has 20 heavy (non-hydrogen) atoms. The molecule has 2 N–H and O–H groups in total. The van der Waals surface area contributed by atoms with E-state index in [1.807, 2.05) is 20.8 Å². The van der Waals surface area contributed by atoms with Crippen LogP contribution in [0.25, 0.3) is 0 Å². The predicted molar refractivity (Wildman–Crippen MR) is 81.5 cm³/mol.